The summed E-state index contributed by atoms with van der Waals surface area (Å²) in [7, 11) is 0. The Morgan fingerprint density at radius 2 is 1.73 bits per heavy atom. The third-order valence-corrected chi connectivity index (χ3v) is 4.97. The van der Waals surface area contributed by atoms with Gasteiger partial charge in [0.2, 0.25) is 5.91 Å². The molecule has 0 saturated carbocycles. The van der Waals surface area contributed by atoms with Crippen molar-refractivity contribution in [3.63, 3.8) is 0 Å². The number of amides is 1. The van der Waals surface area contributed by atoms with Crippen LogP contribution in [0.15, 0.2) is 85.2 Å². The lowest BCUT2D eigenvalue weighted by Crippen LogP contribution is -2.23. The molecule has 5 nitrogen and oxygen atoms in total. The maximum atomic E-state index is 12.1. The monoisotopic (exact) mass is 399 g/mol. The molecule has 5 heteroatoms. The highest BCUT2D eigenvalue weighted by molar-refractivity contribution is 5.88. The number of carbonyl (C=O) groups is 1. The normalized spacial score (nSPS) is 10.8. The summed E-state index contributed by atoms with van der Waals surface area (Å²) in [6.45, 7) is 1.80. The van der Waals surface area contributed by atoms with Gasteiger partial charge in [-0.2, -0.15) is 5.10 Å². The van der Waals surface area contributed by atoms with Gasteiger partial charge in [-0.25, -0.2) is 0 Å². The third-order valence-electron chi connectivity index (χ3n) is 4.97. The van der Waals surface area contributed by atoms with E-state index in [0.29, 0.717) is 26.0 Å². The first kappa shape index (κ1) is 19.7. The molecule has 4 aromatic rings. The average molecular weight is 399 g/mol. The zero-order valence-corrected chi connectivity index (χ0v) is 16.8. The summed E-state index contributed by atoms with van der Waals surface area (Å²) in [5.41, 5.74) is 2.26. The molecule has 0 fully saturated rings. The van der Waals surface area contributed by atoms with Gasteiger partial charge >= 0.3 is 0 Å². The second kappa shape index (κ2) is 9.74. The van der Waals surface area contributed by atoms with Gasteiger partial charge in [-0.1, -0.05) is 60.7 Å². The van der Waals surface area contributed by atoms with Crippen LogP contribution in [0, 0.1) is 0 Å². The number of benzene rings is 3. The summed E-state index contributed by atoms with van der Waals surface area (Å²) in [5.74, 6) is 0.904. The molecular formula is C25H25N3O2. The number of ether oxygens (including phenoxy) is 1. The molecule has 0 aliphatic heterocycles. The van der Waals surface area contributed by atoms with Crippen molar-refractivity contribution in [1.29, 1.82) is 0 Å². The SMILES string of the molecule is O=C(CCCOc1cccc2ccccc12)NCc1ccc(Cn2cccn2)cc1. The first-order chi connectivity index (χ1) is 14.8. The van der Waals surface area contributed by atoms with E-state index in [1.165, 1.54) is 5.56 Å². The zero-order valence-electron chi connectivity index (χ0n) is 16.8. The van der Waals surface area contributed by atoms with E-state index in [9.17, 15) is 4.79 Å². The number of hydrogen-bond donors (Lipinski definition) is 1. The Morgan fingerprint density at radius 1 is 0.933 bits per heavy atom. The first-order valence-electron chi connectivity index (χ1n) is 10.2. The first-order valence-corrected chi connectivity index (χ1v) is 10.2. The van der Waals surface area contributed by atoms with Gasteiger partial charge in [0.15, 0.2) is 0 Å². The van der Waals surface area contributed by atoms with Crippen molar-refractivity contribution >= 4 is 16.7 Å². The van der Waals surface area contributed by atoms with Gasteiger partial charge in [0.1, 0.15) is 5.75 Å². The molecule has 0 atom stereocenters. The molecule has 1 heterocycles. The molecule has 0 bridgehead atoms. The van der Waals surface area contributed by atoms with E-state index in [-0.39, 0.29) is 5.91 Å². The molecule has 0 aliphatic carbocycles. The summed E-state index contributed by atoms with van der Waals surface area (Å²) in [4.78, 5) is 12.1. The minimum Gasteiger partial charge on any atom is -0.493 e. The number of nitrogens with zero attached hydrogens (tertiary/aromatic N) is 2. The average Bonchev–Trinajstić information content (AvgIpc) is 3.29. The van der Waals surface area contributed by atoms with Crippen LogP contribution >= 0.6 is 0 Å². The molecule has 1 N–H and O–H groups in total. The van der Waals surface area contributed by atoms with Crippen LogP contribution in [-0.2, 0) is 17.9 Å². The number of carbonyl (C=O) groups excluding carboxylic acids is 1. The quantitative estimate of drug-likeness (QED) is 0.420. The number of rotatable bonds is 9. The summed E-state index contributed by atoms with van der Waals surface area (Å²) < 4.78 is 7.79. The minimum absolute atomic E-state index is 0.0390. The topological polar surface area (TPSA) is 56.1 Å². The van der Waals surface area contributed by atoms with Gasteiger partial charge in [0, 0.05) is 30.7 Å². The highest BCUT2D eigenvalue weighted by Crippen LogP contribution is 2.25. The lowest BCUT2D eigenvalue weighted by molar-refractivity contribution is -0.121. The lowest BCUT2D eigenvalue weighted by atomic mass is 10.1. The number of fused-ring (bicyclic) bond motifs is 1. The van der Waals surface area contributed by atoms with Crippen molar-refractivity contribution in [1.82, 2.24) is 15.1 Å². The van der Waals surface area contributed by atoms with E-state index in [2.05, 4.69) is 40.7 Å². The van der Waals surface area contributed by atoms with E-state index < -0.39 is 0 Å². The van der Waals surface area contributed by atoms with E-state index in [1.54, 1.807) is 6.20 Å². The molecular weight excluding hydrogens is 374 g/mol. The van der Waals surface area contributed by atoms with E-state index in [0.717, 1.165) is 28.6 Å². The smallest absolute Gasteiger partial charge is 0.220 e. The fourth-order valence-corrected chi connectivity index (χ4v) is 3.37. The van der Waals surface area contributed by atoms with Crippen molar-refractivity contribution in [2.75, 3.05) is 6.61 Å². The van der Waals surface area contributed by atoms with Gasteiger partial charge in [-0.05, 0) is 35.1 Å². The Kier molecular flexibility index (Phi) is 6.40. The van der Waals surface area contributed by atoms with Crippen LogP contribution in [-0.4, -0.2) is 22.3 Å². The highest BCUT2D eigenvalue weighted by atomic mass is 16.5. The van der Waals surface area contributed by atoms with Gasteiger partial charge < -0.3 is 10.1 Å². The molecule has 4 rings (SSSR count). The van der Waals surface area contributed by atoms with Crippen molar-refractivity contribution in [2.24, 2.45) is 0 Å². The predicted molar refractivity (Wildman–Crippen MR) is 118 cm³/mol. The summed E-state index contributed by atoms with van der Waals surface area (Å²) in [6.07, 6.45) is 4.84. The van der Waals surface area contributed by atoms with Crippen LogP contribution in [0.2, 0.25) is 0 Å². The van der Waals surface area contributed by atoms with Gasteiger partial charge in [-0.3, -0.25) is 9.48 Å². The summed E-state index contributed by atoms with van der Waals surface area (Å²) in [6, 6.07) is 24.3. The van der Waals surface area contributed by atoms with Crippen molar-refractivity contribution in [2.45, 2.75) is 25.9 Å². The predicted octanol–water partition coefficient (Wildman–Crippen LogP) is 4.56. The number of aromatic nitrogens is 2. The summed E-state index contributed by atoms with van der Waals surface area (Å²) >= 11 is 0. The molecule has 0 aliphatic rings. The maximum absolute atomic E-state index is 12.1. The maximum Gasteiger partial charge on any atom is 0.220 e. The van der Waals surface area contributed by atoms with Crippen LogP contribution in [0.4, 0.5) is 0 Å². The molecule has 152 valence electrons. The van der Waals surface area contributed by atoms with Crippen LogP contribution in [0.5, 0.6) is 5.75 Å². The molecule has 0 saturated heterocycles. The fourth-order valence-electron chi connectivity index (χ4n) is 3.37. The second-order valence-electron chi connectivity index (χ2n) is 7.23. The van der Waals surface area contributed by atoms with E-state index in [4.69, 9.17) is 4.74 Å². The van der Waals surface area contributed by atoms with E-state index in [1.807, 2.05) is 53.3 Å². The summed E-state index contributed by atoms with van der Waals surface area (Å²) in [5, 5.41) is 9.45. The van der Waals surface area contributed by atoms with Crippen molar-refractivity contribution < 1.29 is 9.53 Å². The van der Waals surface area contributed by atoms with Crippen molar-refractivity contribution in [3.8, 4) is 5.75 Å². The molecule has 0 unspecified atom stereocenters. The standard InChI is InChI=1S/C25H25N3O2/c29-25(10-4-17-30-24-9-3-7-22-6-1-2-8-23(22)24)26-18-20-11-13-21(14-12-20)19-28-16-5-15-27-28/h1-3,5-9,11-16H,4,10,17-19H2,(H,26,29). The third kappa shape index (κ3) is 5.26. The Balaban J connectivity index is 1.18. The lowest BCUT2D eigenvalue weighted by Gasteiger charge is -2.10. The minimum atomic E-state index is 0.0390. The largest absolute Gasteiger partial charge is 0.493 e. The van der Waals surface area contributed by atoms with E-state index >= 15 is 0 Å². The van der Waals surface area contributed by atoms with Gasteiger partial charge in [-0.15, -0.1) is 0 Å². The second-order valence-corrected chi connectivity index (χ2v) is 7.23. The highest BCUT2D eigenvalue weighted by Gasteiger charge is 2.04. The zero-order chi connectivity index (χ0) is 20.6. The molecule has 1 amide bonds. The number of hydrogen-bond acceptors (Lipinski definition) is 3. The van der Waals surface area contributed by atoms with Crippen LogP contribution < -0.4 is 10.1 Å². The van der Waals surface area contributed by atoms with Gasteiger partial charge in [0.25, 0.3) is 0 Å². The molecule has 1 aromatic heterocycles. The Morgan fingerprint density at radius 3 is 2.57 bits per heavy atom. The Labute approximate surface area is 176 Å². The molecule has 3 aromatic carbocycles. The fraction of sp³-hybridized carbons (Fsp3) is 0.200. The molecule has 30 heavy (non-hydrogen) atoms. The molecule has 0 radical (unpaired) electrons. The van der Waals surface area contributed by atoms with Crippen LogP contribution in [0.1, 0.15) is 24.0 Å². The van der Waals surface area contributed by atoms with Crippen molar-refractivity contribution in [3.05, 3.63) is 96.3 Å². The van der Waals surface area contributed by atoms with Crippen LogP contribution in [0.25, 0.3) is 10.8 Å². The Hall–Kier alpha value is -3.60. The van der Waals surface area contributed by atoms with Gasteiger partial charge in [0.05, 0.1) is 13.2 Å². The molecule has 0 spiro atoms. The van der Waals surface area contributed by atoms with Crippen LogP contribution in [0.3, 0.4) is 0 Å². The Bertz CT molecular complexity index is 1080. The number of nitrogens with one attached hydrogen (secondary N) is 1.